The minimum absolute atomic E-state index is 0.0787. The number of amides is 1. The average Bonchev–Trinajstić information content (AvgIpc) is 2.48. The van der Waals surface area contributed by atoms with Crippen LogP contribution < -0.4 is 0 Å². The van der Waals surface area contributed by atoms with Gasteiger partial charge in [-0.15, -0.1) is 0 Å². The Balaban J connectivity index is 2.49. The molecule has 2 atom stereocenters. The molecule has 1 fully saturated rings. The van der Waals surface area contributed by atoms with Crippen LogP contribution in [0.2, 0.25) is 0 Å². The molecule has 0 aliphatic carbocycles. The van der Waals surface area contributed by atoms with Gasteiger partial charge in [-0.1, -0.05) is 0 Å². The lowest BCUT2D eigenvalue weighted by Gasteiger charge is -2.19. The van der Waals surface area contributed by atoms with Crippen LogP contribution in [0, 0.1) is 0 Å². The summed E-state index contributed by atoms with van der Waals surface area (Å²) in [5, 5.41) is 8.65. The van der Waals surface area contributed by atoms with Crippen LogP contribution in [0.1, 0.15) is 6.42 Å². The molecule has 8 heteroatoms. The Morgan fingerprint density at radius 1 is 1.60 bits per heavy atom. The molecule has 0 spiro atoms. The van der Waals surface area contributed by atoms with Crippen molar-refractivity contribution in [1.29, 1.82) is 0 Å². The van der Waals surface area contributed by atoms with E-state index in [-0.39, 0.29) is 13.0 Å². The summed E-state index contributed by atoms with van der Waals surface area (Å²) in [7, 11) is -2.17. The maximum Gasteiger partial charge on any atom is 0.409 e. The highest BCUT2D eigenvalue weighted by atomic mass is 32.2. The lowest BCUT2D eigenvalue weighted by molar-refractivity contribution is 0.00149. The van der Waals surface area contributed by atoms with E-state index in [2.05, 4.69) is 4.18 Å². The summed E-state index contributed by atoms with van der Waals surface area (Å²) < 4.78 is 31.4. The molecule has 0 radical (unpaired) electrons. The van der Waals surface area contributed by atoms with Crippen LogP contribution in [0.5, 0.6) is 0 Å². The Hall–Kier alpha value is -0.860. The zero-order chi connectivity index (χ0) is 11.6. The van der Waals surface area contributed by atoms with Crippen molar-refractivity contribution in [2.45, 2.75) is 18.8 Å². The SMILES string of the molecule is CN(C(=O)O)C1CC(OS(C)(=O)=O)CO1. The first kappa shape index (κ1) is 12.2. The highest BCUT2D eigenvalue weighted by molar-refractivity contribution is 7.86. The van der Waals surface area contributed by atoms with Gasteiger partial charge in [0.15, 0.2) is 0 Å². The van der Waals surface area contributed by atoms with Crippen LogP contribution in [0.15, 0.2) is 0 Å². The second-order valence-corrected chi connectivity index (χ2v) is 4.94. The first-order chi connectivity index (χ1) is 6.79. The first-order valence-corrected chi connectivity index (χ1v) is 6.07. The van der Waals surface area contributed by atoms with Crippen molar-refractivity contribution in [1.82, 2.24) is 4.90 Å². The van der Waals surface area contributed by atoms with Crippen molar-refractivity contribution in [3.63, 3.8) is 0 Å². The van der Waals surface area contributed by atoms with Crippen molar-refractivity contribution >= 4 is 16.2 Å². The Morgan fingerprint density at radius 2 is 2.20 bits per heavy atom. The fourth-order valence-corrected chi connectivity index (χ4v) is 1.92. The molecule has 0 aromatic carbocycles. The summed E-state index contributed by atoms with van der Waals surface area (Å²) in [5.41, 5.74) is 0. The molecule has 0 aromatic rings. The van der Waals surface area contributed by atoms with Gasteiger partial charge in [0.1, 0.15) is 12.3 Å². The third-order valence-corrected chi connectivity index (χ3v) is 2.61. The van der Waals surface area contributed by atoms with Crippen LogP contribution in [0.4, 0.5) is 4.79 Å². The van der Waals surface area contributed by atoms with Crippen LogP contribution in [0.25, 0.3) is 0 Å². The quantitative estimate of drug-likeness (QED) is 0.679. The van der Waals surface area contributed by atoms with Gasteiger partial charge in [0.05, 0.1) is 12.9 Å². The van der Waals surface area contributed by atoms with Gasteiger partial charge >= 0.3 is 6.09 Å². The summed E-state index contributed by atoms with van der Waals surface area (Å²) in [6.07, 6.45) is -1.21. The van der Waals surface area contributed by atoms with E-state index in [1.54, 1.807) is 0 Å². The second kappa shape index (κ2) is 4.33. The number of hydrogen-bond acceptors (Lipinski definition) is 5. The highest BCUT2D eigenvalue weighted by Crippen LogP contribution is 2.19. The summed E-state index contributed by atoms with van der Waals surface area (Å²) in [5.74, 6) is 0. The maximum absolute atomic E-state index is 10.8. The lowest BCUT2D eigenvalue weighted by Crippen LogP contribution is -2.35. The predicted octanol–water partition coefficient (Wildman–Crippen LogP) is -0.313. The zero-order valence-corrected chi connectivity index (χ0v) is 9.23. The lowest BCUT2D eigenvalue weighted by atomic mass is 10.3. The maximum atomic E-state index is 10.8. The third-order valence-electron chi connectivity index (χ3n) is 1.98. The third kappa shape index (κ3) is 3.65. The monoisotopic (exact) mass is 239 g/mol. The van der Waals surface area contributed by atoms with E-state index >= 15 is 0 Å². The van der Waals surface area contributed by atoms with Gasteiger partial charge in [-0.05, 0) is 0 Å². The van der Waals surface area contributed by atoms with Gasteiger partial charge in [-0.25, -0.2) is 4.79 Å². The Kier molecular flexibility index (Phi) is 3.53. The fourth-order valence-electron chi connectivity index (χ4n) is 1.29. The van der Waals surface area contributed by atoms with E-state index in [0.717, 1.165) is 11.2 Å². The Morgan fingerprint density at radius 3 is 2.67 bits per heavy atom. The molecular weight excluding hydrogens is 226 g/mol. The molecule has 0 saturated carbocycles. The van der Waals surface area contributed by atoms with Crippen molar-refractivity contribution < 1.29 is 27.2 Å². The zero-order valence-electron chi connectivity index (χ0n) is 8.41. The largest absolute Gasteiger partial charge is 0.465 e. The van der Waals surface area contributed by atoms with Crippen LogP contribution >= 0.6 is 0 Å². The molecule has 1 saturated heterocycles. The molecule has 1 N–H and O–H groups in total. The smallest absolute Gasteiger partial charge is 0.409 e. The molecule has 7 nitrogen and oxygen atoms in total. The van der Waals surface area contributed by atoms with E-state index in [0.29, 0.717) is 0 Å². The van der Waals surface area contributed by atoms with Crippen LogP contribution in [-0.4, -0.2) is 56.8 Å². The minimum Gasteiger partial charge on any atom is -0.465 e. The van der Waals surface area contributed by atoms with Gasteiger partial charge in [-0.2, -0.15) is 8.42 Å². The van der Waals surface area contributed by atoms with E-state index < -0.39 is 28.5 Å². The number of hydrogen-bond donors (Lipinski definition) is 1. The van der Waals surface area contributed by atoms with Gasteiger partial charge in [0.2, 0.25) is 0 Å². The second-order valence-electron chi connectivity index (χ2n) is 3.34. The van der Waals surface area contributed by atoms with E-state index in [1.165, 1.54) is 7.05 Å². The standard InChI is InChI=1S/C7H13NO6S/c1-8(7(9)10)6-3-5(4-13-6)14-15(2,11)12/h5-6H,3-4H2,1-2H3,(H,9,10). The Labute approximate surface area is 87.7 Å². The molecule has 1 rings (SSSR count). The number of carboxylic acid groups (broad SMARTS) is 1. The summed E-state index contributed by atoms with van der Waals surface area (Å²) >= 11 is 0. The fraction of sp³-hybridized carbons (Fsp3) is 0.857. The molecule has 1 aliphatic heterocycles. The average molecular weight is 239 g/mol. The number of nitrogens with zero attached hydrogens (tertiary/aromatic N) is 1. The molecule has 1 heterocycles. The number of rotatable bonds is 3. The van der Waals surface area contributed by atoms with Crippen LogP contribution in [-0.2, 0) is 19.0 Å². The van der Waals surface area contributed by atoms with E-state index in [9.17, 15) is 13.2 Å². The molecular formula is C7H13NO6S. The van der Waals surface area contributed by atoms with Gasteiger partial charge in [0.25, 0.3) is 10.1 Å². The molecule has 0 aromatic heterocycles. The van der Waals surface area contributed by atoms with Gasteiger partial charge < -0.3 is 9.84 Å². The van der Waals surface area contributed by atoms with Crippen molar-refractivity contribution in [3.05, 3.63) is 0 Å². The van der Waals surface area contributed by atoms with Crippen molar-refractivity contribution in [3.8, 4) is 0 Å². The number of carbonyl (C=O) groups is 1. The summed E-state index contributed by atoms with van der Waals surface area (Å²) in [6, 6.07) is 0. The molecule has 1 aliphatic rings. The van der Waals surface area contributed by atoms with Crippen molar-refractivity contribution in [2.75, 3.05) is 19.9 Å². The van der Waals surface area contributed by atoms with Gasteiger partial charge in [-0.3, -0.25) is 9.08 Å². The summed E-state index contributed by atoms with van der Waals surface area (Å²) in [4.78, 5) is 11.5. The molecule has 1 amide bonds. The molecule has 0 bridgehead atoms. The normalized spacial score (nSPS) is 26.5. The van der Waals surface area contributed by atoms with Gasteiger partial charge in [0, 0.05) is 13.5 Å². The Bertz CT molecular complexity index is 339. The number of ether oxygens (including phenoxy) is 1. The predicted molar refractivity (Wildman–Crippen MR) is 49.9 cm³/mol. The van der Waals surface area contributed by atoms with Crippen molar-refractivity contribution in [2.24, 2.45) is 0 Å². The topological polar surface area (TPSA) is 93.1 Å². The molecule has 2 unspecified atom stereocenters. The van der Waals surface area contributed by atoms with E-state index in [1.807, 2.05) is 0 Å². The summed E-state index contributed by atoms with van der Waals surface area (Å²) in [6.45, 7) is 0.0787. The first-order valence-electron chi connectivity index (χ1n) is 4.25. The molecule has 15 heavy (non-hydrogen) atoms. The van der Waals surface area contributed by atoms with E-state index in [4.69, 9.17) is 9.84 Å². The molecule has 88 valence electrons. The minimum atomic E-state index is -3.52. The van der Waals surface area contributed by atoms with Crippen LogP contribution in [0.3, 0.4) is 0 Å². The highest BCUT2D eigenvalue weighted by Gasteiger charge is 2.33.